The zero-order valence-corrected chi connectivity index (χ0v) is 13.8. The predicted octanol–water partition coefficient (Wildman–Crippen LogP) is 3.12. The van der Waals surface area contributed by atoms with E-state index in [1.807, 2.05) is 38.1 Å². The van der Waals surface area contributed by atoms with Crippen LogP contribution in [0.15, 0.2) is 24.3 Å². The molecule has 5 nitrogen and oxygen atoms in total. The van der Waals surface area contributed by atoms with Gasteiger partial charge in [-0.3, -0.25) is 0 Å². The second-order valence-electron chi connectivity index (χ2n) is 5.45. The highest BCUT2D eigenvalue weighted by atomic mass is 16.5. The van der Waals surface area contributed by atoms with E-state index < -0.39 is 0 Å². The molecule has 23 heavy (non-hydrogen) atoms. The molecule has 0 saturated heterocycles. The second-order valence-corrected chi connectivity index (χ2v) is 5.45. The maximum absolute atomic E-state index is 8.96. The second kappa shape index (κ2) is 8.25. The largest absolute Gasteiger partial charge is 0.493 e. The fourth-order valence-corrected chi connectivity index (χ4v) is 2.42. The van der Waals surface area contributed by atoms with Crippen molar-refractivity contribution in [3.63, 3.8) is 0 Å². The van der Waals surface area contributed by atoms with Gasteiger partial charge in [-0.15, -0.1) is 0 Å². The van der Waals surface area contributed by atoms with Gasteiger partial charge >= 0.3 is 0 Å². The molecule has 0 unspecified atom stereocenters. The molecule has 0 radical (unpaired) electrons. The van der Waals surface area contributed by atoms with Gasteiger partial charge in [-0.1, -0.05) is 0 Å². The van der Waals surface area contributed by atoms with E-state index in [0.29, 0.717) is 18.8 Å². The van der Waals surface area contributed by atoms with E-state index in [1.165, 1.54) is 0 Å². The number of ether oxygens (including phenoxy) is 2. The SMILES string of the molecule is COCc1ccc(CCCOc2c(C)cc(C#N)cc2C)nn1. The summed E-state index contributed by atoms with van der Waals surface area (Å²) in [4.78, 5) is 0. The molecule has 0 amide bonds. The molecule has 0 aliphatic rings. The summed E-state index contributed by atoms with van der Waals surface area (Å²) >= 11 is 0. The first-order valence-electron chi connectivity index (χ1n) is 7.58. The molecular weight excluding hydrogens is 290 g/mol. The number of methoxy groups -OCH3 is 1. The summed E-state index contributed by atoms with van der Waals surface area (Å²) in [7, 11) is 1.64. The number of rotatable bonds is 7. The molecule has 0 bridgehead atoms. The fourth-order valence-electron chi connectivity index (χ4n) is 2.42. The maximum atomic E-state index is 8.96. The Labute approximate surface area is 136 Å². The van der Waals surface area contributed by atoms with Crippen LogP contribution in [0.4, 0.5) is 0 Å². The lowest BCUT2D eigenvalue weighted by molar-refractivity contribution is 0.180. The number of hydrogen-bond donors (Lipinski definition) is 0. The molecule has 1 aromatic carbocycles. The topological polar surface area (TPSA) is 68.0 Å². The van der Waals surface area contributed by atoms with Crippen LogP contribution < -0.4 is 4.74 Å². The van der Waals surface area contributed by atoms with Crippen LogP contribution in [0.25, 0.3) is 0 Å². The number of hydrogen-bond acceptors (Lipinski definition) is 5. The summed E-state index contributed by atoms with van der Waals surface area (Å²) in [6.07, 6.45) is 1.67. The normalized spacial score (nSPS) is 10.3. The summed E-state index contributed by atoms with van der Waals surface area (Å²) < 4.78 is 10.9. The third kappa shape index (κ3) is 4.76. The van der Waals surface area contributed by atoms with Gasteiger partial charge in [0, 0.05) is 7.11 Å². The first-order chi connectivity index (χ1) is 11.1. The molecule has 0 aliphatic carbocycles. The van der Waals surface area contributed by atoms with E-state index in [2.05, 4.69) is 16.3 Å². The van der Waals surface area contributed by atoms with Crippen LogP contribution in [-0.4, -0.2) is 23.9 Å². The van der Waals surface area contributed by atoms with Crippen LogP contribution >= 0.6 is 0 Å². The van der Waals surface area contributed by atoms with Crippen molar-refractivity contribution in [2.75, 3.05) is 13.7 Å². The van der Waals surface area contributed by atoms with Crippen LogP contribution in [-0.2, 0) is 17.8 Å². The lowest BCUT2D eigenvalue weighted by atomic mass is 10.1. The lowest BCUT2D eigenvalue weighted by Crippen LogP contribution is -2.04. The smallest absolute Gasteiger partial charge is 0.125 e. The minimum atomic E-state index is 0.480. The summed E-state index contributed by atoms with van der Waals surface area (Å²) in [6.45, 7) is 5.01. The Hall–Kier alpha value is -2.45. The summed E-state index contributed by atoms with van der Waals surface area (Å²) in [6, 6.07) is 9.76. The summed E-state index contributed by atoms with van der Waals surface area (Å²) in [5.41, 5.74) is 4.42. The molecular formula is C18H21N3O2. The van der Waals surface area contributed by atoms with Crippen molar-refractivity contribution in [2.45, 2.75) is 33.3 Å². The molecule has 0 aliphatic heterocycles. The minimum Gasteiger partial charge on any atom is -0.493 e. The number of benzene rings is 1. The van der Waals surface area contributed by atoms with Gasteiger partial charge in [-0.05, 0) is 62.1 Å². The molecule has 0 fully saturated rings. The zero-order chi connectivity index (χ0) is 16.7. The average Bonchev–Trinajstić information content (AvgIpc) is 2.55. The van der Waals surface area contributed by atoms with Crippen molar-refractivity contribution in [3.8, 4) is 11.8 Å². The summed E-state index contributed by atoms with van der Waals surface area (Å²) in [5.74, 6) is 0.866. The van der Waals surface area contributed by atoms with Gasteiger partial charge in [0.1, 0.15) is 5.75 Å². The molecule has 0 spiro atoms. The van der Waals surface area contributed by atoms with Crippen molar-refractivity contribution in [1.82, 2.24) is 10.2 Å². The highest BCUT2D eigenvalue weighted by Crippen LogP contribution is 2.24. The van der Waals surface area contributed by atoms with Crippen LogP contribution in [0.3, 0.4) is 0 Å². The van der Waals surface area contributed by atoms with Crippen LogP contribution in [0.1, 0.15) is 34.5 Å². The van der Waals surface area contributed by atoms with E-state index in [9.17, 15) is 0 Å². The van der Waals surface area contributed by atoms with Crippen LogP contribution in [0.2, 0.25) is 0 Å². The quantitative estimate of drug-likeness (QED) is 0.735. The minimum absolute atomic E-state index is 0.480. The van der Waals surface area contributed by atoms with E-state index >= 15 is 0 Å². The molecule has 1 aromatic heterocycles. The summed E-state index contributed by atoms with van der Waals surface area (Å²) in [5, 5.41) is 17.2. The van der Waals surface area contributed by atoms with Crippen LogP contribution in [0.5, 0.6) is 5.75 Å². The van der Waals surface area contributed by atoms with Gasteiger partial charge < -0.3 is 9.47 Å². The van der Waals surface area contributed by atoms with Crippen molar-refractivity contribution < 1.29 is 9.47 Å². The lowest BCUT2D eigenvalue weighted by Gasteiger charge is -2.12. The van der Waals surface area contributed by atoms with Gasteiger partial charge in [0.05, 0.1) is 36.2 Å². The van der Waals surface area contributed by atoms with Gasteiger partial charge in [0.25, 0.3) is 0 Å². The number of nitrogens with zero attached hydrogens (tertiary/aromatic N) is 3. The van der Waals surface area contributed by atoms with E-state index in [1.54, 1.807) is 7.11 Å². The molecule has 0 saturated carbocycles. The Morgan fingerprint density at radius 2 is 1.74 bits per heavy atom. The first kappa shape index (κ1) is 16.9. The predicted molar refractivity (Wildman–Crippen MR) is 87.2 cm³/mol. The molecule has 0 N–H and O–H groups in total. The van der Waals surface area contributed by atoms with Crippen molar-refractivity contribution in [2.24, 2.45) is 0 Å². The van der Waals surface area contributed by atoms with Crippen molar-refractivity contribution in [1.29, 1.82) is 5.26 Å². The monoisotopic (exact) mass is 311 g/mol. The number of aromatic nitrogens is 2. The van der Waals surface area contributed by atoms with E-state index in [-0.39, 0.29) is 0 Å². The van der Waals surface area contributed by atoms with Gasteiger partial charge in [0.2, 0.25) is 0 Å². The van der Waals surface area contributed by atoms with E-state index in [0.717, 1.165) is 41.1 Å². The Morgan fingerprint density at radius 3 is 2.30 bits per heavy atom. The zero-order valence-electron chi connectivity index (χ0n) is 13.8. The fraction of sp³-hybridized carbons (Fsp3) is 0.389. The van der Waals surface area contributed by atoms with Crippen LogP contribution in [0, 0.1) is 25.2 Å². The average molecular weight is 311 g/mol. The Kier molecular flexibility index (Phi) is 6.07. The maximum Gasteiger partial charge on any atom is 0.125 e. The first-order valence-corrected chi connectivity index (χ1v) is 7.58. The molecule has 0 atom stereocenters. The van der Waals surface area contributed by atoms with Crippen molar-refractivity contribution in [3.05, 3.63) is 52.3 Å². The highest BCUT2D eigenvalue weighted by Gasteiger charge is 2.06. The van der Waals surface area contributed by atoms with Gasteiger partial charge in [0.15, 0.2) is 0 Å². The number of aryl methyl sites for hydroxylation is 3. The molecule has 2 aromatic rings. The standard InChI is InChI=1S/C18H21N3O2/c1-13-9-15(11-19)10-14(2)18(13)23-8-4-5-16-6-7-17(12-22-3)21-20-16/h6-7,9-10H,4-5,8,12H2,1-3H3. The van der Waals surface area contributed by atoms with E-state index in [4.69, 9.17) is 14.7 Å². The Morgan fingerprint density at radius 1 is 1.09 bits per heavy atom. The third-order valence-electron chi connectivity index (χ3n) is 3.48. The van der Waals surface area contributed by atoms with Gasteiger partial charge in [-0.2, -0.15) is 15.5 Å². The Balaban J connectivity index is 1.85. The molecule has 1 heterocycles. The van der Waals surface area contributed by atoms with Crippen molar-refractivity contribution >= 4 is 0 Å². The Bertz CT molecular complexity index is 667. The number of nitriles is 1. The third-order valence-corrected chi connectivity index (χ3v) is 3.48. The molecule has 5 heteroatoms. The van der Waals surface area contributed by atoms with Gasteiger partial charge in [-0.25, -0.2) is 0 Å². The molecule has 120 valence electrons. The molecule has 2 rings (SSSR count). The highest BCUT2D eigenvalue weighted by molar-refractivity contribution is 5.47.